The van der Waals surface area contributed by atoms with Crippen LogP contribution in [0.25, 0.3) is 16.9 Å². The van der Waals surface area contributed by atoms with Crippen LogP contribution in [0.1, 0.15) is 21.5 Å². The van der Waals surface area contributed by atoms with Crippen LogP contribution < -0.4 is 15.4 Å². The van der Waals surface area contributed by atoms with E-state index in [1.54, 1.807) is 67.1 Å². The molecule has 0 aliphatic rings. The van der Waals surface area contributed by atoms with Gasteiger partial charge in [0, 0.05) is 34.9 Å². The summed E-state index contributed by atoms with van der Waals surface area (Å²) in [6.45, 7) is 1.80. The molecule has 0 radical (unpaired) electrons. The molecule has 0 bridgehead atoms. The van der Waals surface area contributed by atoms with Gasteiger partial charge in [0.2, 0.25) is 0 Å². The Kier molecular flexibility index (Phi) is 6.53. The highest BCUT2D eigenvalue weighted by Gasteiger charge is 2.14. The van der Waals surface area contributed by atoms with E-state index in [9.17, 15) is 14.3 Å². The summed E-state index contributed by atoms with van der Waals surface area (Å²) in [6.07, 6.45) is 5.06. The average molecular weight is 498 g/mol. The Labute approximate surface area is 212 Å². The van der Waals surface area contributed by atoms with E-state index in [0.717, 1.165) is 16.8 Å². The highest BCUT2D eigenvalue weighted by Crippen LogP contribution is 2.29. The highest BCUT2D eigenvalue weighted by molar-refractivity contribution is 6.05. The minimum absolute atomic E-state index is 0.0511. The molecular weight excluding hydrogens is 473 g/mol. The van der Waals surface area contributed by atoms with Crippen LogP contribution in [0.3, 0.4) is 0 Å². The summed E-state index contributed by atoms with van der Waals surface area (Å²) in [5.41, 5.74) is 5.39. The number of carbonyl (C=O) groups excluding carboxylic acids is 1. The summed E-state index contributed by atoms with van der Waals surface area (Å²) in [5, 5.41) is 15.3. The number of methoxy groups -OCH3 is 1. The first-order chi connectivity index (χ1) is 18.0. The number of aryl methyl sites for hydroxylation is 1. The van der Waals surface area contributed by atoms with Crippen molar-refractivity contribution in [1.82, 2.24) is 14.4 Å². The van der Waals surface area contributed by atoms with Gasteiger partial charge in [-0.05, 0) is 66.6 Å². The molecule has 0 aliphatic carbocycles. The number of carbonyl (C=O) groups is 1. The first kappa shape index (κ1) is 24.0. The third-order valence-corrected chi connectivity index (χ3v) is 6.00. The summed E-state index contributed by atoms with van der Waals surface area (Å²) in [4.78, 5) is 21.7. The Morgan fingerprint density at radius 3 is 2.54 bits per heavy atom. The fourth-order valence-corrected chi connectivity index (χ4v) is 4.07. The number of aromatic nitrogens is 3. The summed E-state index contributed by atoms with van der Waals surface area (Å²) in [7, 11) is 1.42. The first-order valence-electron chi connectivity index (χ1n) is 11.5. The molecular formula is C28H24FN5O3. The Balaban J connectivity index is 1.37. The Bertz CT molecular complexity index is 1600. The molecule has 1 amide bonds. The van der Waals surface area contributed by atoms with Crippen LogP contribution in [0, 0.1) is 12.7 Å². The molecule has 0 saturated heterocycles. The number of amides is 1. The zero-order valence-electron chi connectivity index (χ0n) is 20.2. The third kappa shape index (κ3) is 4.85. The van der Waals surface area contributed by atoms with E-state index in [1.165, 1.54) is 13.2 Å². The van der Waals surface area contributed by atoms with E-state index in [4.69, 9.17) is 4.74 Å². The number of fused-ring (bicyclic) bond motifs is 1. The second kappa shape index (κ2) is 10.1. The number of imidazole rings is 1. The van der Waals surface area contributed by atoms with E-state index < -0.39 is 5.82 Å². The molecule has 186 valence electrons. The molecule has 2 heterocycles. The second-order valence-electron chi connectivity index (χ2n) is 8.43. The van der Waals surface area contributed by atoms with Gasteiger partial charge in [-0.1, -0.05) is 12.1 Å². The van der Waals surface area contributed by atoms with Crippen molar-refractivity contribution in [3.8, 4) is 17.0 Å². The number of nitrogens with one attached hydrogen (secondary N) is 2. The number of rotatable bonds is 7. The number of ether oxygens (including phenoxy) is 1. The monoisotopic (exact) mass is 497 g/mol. The molecule has 8 nitrogen and oxygen atoms in total. The fraction of sp³-hybridized carbons (Fsp3) is 0.107. The number of hydrogen-bond donors (Lipinski definition) is 3. The predicted molar refractivity (Wildman–Crippen MR) is 140 cm³/mol. The lowest BCUT2D eigenvalue weighted by Gasteiger charge is -2.12. The van der Waals surface area contributed by atoms with Crippen molar-refractivity contribution in [2.75, 3.05) is 17.7 Å². The number of aliphatic hydroxyl groups is 1. The van der Waals surface area contributed by atoms with Crippen molar-refractivity contribution in [2.45, 2.75) is 13.5 Å². The summed E-state index contributed by atoms with van der Waals surface area (Å²) < 4.78 is 21.1. The highest BCUT2D eigenvalue weighted by atomic mass is 19.1. The van der Waals surface area contributed by atoms with Crippen LogP contribution in [0.15, 0.2) is 79.3 Å². The minimum atomic E-state index is -0.455. The van der Waals surface area contributed by atoms with Gasteiger partial charge in [-0.2, -0.15) is 0 Å². The van der Waals surface area contributed by atoms with Crippen LogP contribution in [0.2, 0.25) is 0 Å². The van der Waals surface area contributed by atoms with Crippen LogP contribution >= 0.6 is 0 Å². The van der Waals surface area contributed by atoms with Crippen molar-refractivity contribution in [3.63, 3.8) is 0 Å². The number of halogens is 1. The Hall–Kier alpha value is -4.76. The summed E-state index contributed by atoms with van der Waals surface area (Å²) >= 11 is 0. The Morgan fingerprint density at radius 1 is 1.05 bits per heavy atom. The molecule has 0 aliphatic heterocycles. The van der Waals surface area contributed by atoms with Gasteiger partial charge in [0.15, 0.2) is 23.0 Å². The zero-order chi connectivity index (χ0) is 25.9. The zero-order valence-corrected chi connectivity index (χ0v) is 20.2. The average Bonchev–Trinajstić information content (AvgIpc) is 3.34. The molecule has 0 fully saturated rings. The lowest BCUT2D eigenvalue weighted by atomic mass is 10.1. The Morgan fingerprint density at radius 2 is 1.84 bits per heavy atom. The van der Waals surface area contributed by atoms with Gasteiger partial charge < -0.3 is 20.5 Å². The van der Waals surface area contributed by atoms with Gasteiger partial charge in [-0.15, -0.1) is 0 Å². The minimum Gasteiger partial charge on any atom is -0.494 e. The molecule has 0 unspecified atom stereocenters. The van der Waals surface area contributed by atoms with Crippen molar-refractivity contribution >= 4 is 28.7 Å². The normalized spacial score (nSPS) is 10.9. The molecule has 3 aromatic carbocycles. The fourth-order valence-electron chi connectivity index (χ4n) is 4.07. The molecule has 37 heavy (non-hydrogen) atoms. The lowest BCUT2D eigenvalue weighted by Crippen LogP contribution is -2.13. The largest absolute Gasteiger partial charge is 0.494 e. The molecule has 0 atom stereocenters. The predicted octanol–water partition coefficient (Wildman–Crippen LogP) is 5.34. The SMILES string of the molecule is COc1ccc(-c2cnc3c(Nc4ccc(C(=O)Nc5ccc(CO)cc5)c(C)c4)nccn23)cc1F. The quantitative estimate of drug-likeness (QED) is 0.281. The number of benzene rings is 3. The standard InChI is InChI=1S/C28H24FN5O3/c1-17-13-21(8-9-22(17)28(36)33-20-6-3-18(16-35)4-7-20)32-26-27-31-15-24(34(27)12-11-30-26)19-5-10-25(37-2)23(29)14-19/h3-15,35H,16H2,1-2H3,(H,30,32)(H,33,36). The molecule has 2 aromatic heterocycles. The smallest absolute Gasteiger partial charge is 0.255 e. The van der Waals surface area contributed by atoms with Gasteiger partial charge in [-0.25, -0.2) is 14.4 Å². The van der Waals surface area contributed by atoms with Crippen molar-refractivity contribution in [2.24, 2.45) is 0 Å². The number of nitrogens with zero attached hydrogens (tertiary/aromatic N) is 3. The number of aliphatic hydroxyl groups excluding tert-OH is 1. The van der Waals surface area contributed by atoms with E-state index in [-0.39, 0.29) is 18.3 Å². The van der Waals surface area contributed by atoms with Crippen molar-refractivity contribution in [3.05, 3.63) is 102 Å². The topological polar surface area (TPSA) is 101 Å². The second-order valence-corrected chi connectivity index (χ2v) is 8.43. The van der Waals surface area contributed by atoms with Gasteiger partial charge in [0.25, 0.3) is 5.91 Å². The molecule has 5 rings (SSSR count). The van der Waals surface area contributed by atoms with E-state index in [2.05, 4.69) is 20.6 Å². The summed E-state index contributed by atoms with van der Waals surface area (Å²) in [5.74, 6) is 0.00628. The van der Waals surface area contributed by atoms with E-state index in [0.29, 0.717) is 34.0 Å². The maximum absolute atomic E-state index is 14.3. The van der Waals surface area contributed by atoms with Gasteiger partial charge in [0.05, 0.1) is 25.6 Å². The molecule has 5 aromatic rings. The third-order valence-electron chi connectivity index (χ3n) is 6.00. The molecule has 3 N–H and O–H groups in total. The van der Waals surface area contributed by atoms with Crippen molar-refractivity contribution < 1.29 is 19.0 Å². The van der Waals surface area contributed by atoms with Crippen molar-refractivity contribution in [1.29, 1.82) is 0 Å². The van der Waals surface area contributed by atoms with Crippen LogP contribution in [-0.4, -0.2) is 32.5 Å². The maximum atomic E-state index is 14.3. The molecule has 0 spiro atoms. The van der Waals surface area contributed by atoms with Gasteiger partial charge in [-0.3, -0.25) is 9.20 Å². The lowest BCUT2D eigenvalue weighted by molar-refractivity contribution is 0.102. The van der Waals surface area contributed by atoms with Crippen LogP contribution in [0.4, 0.5) is 21.6 Å². The molecule has 9 heteroatoms. The van der Waals surface area contributed by atoms with Crippen LogP contribution in [-0.2, 0) is 6.61 Å². The number of anilines is 3. The first-order valence-corrected chi connectivity index (χ1v) is 11.5. The summed E-state index contributed by atoms with van der Waals surface area (Å²) in [6, 6.07) is 17.2. The molecule has 0 saturated carbocycles. The maximum Gasteiger partial charge on any atom is 0.255 e. The van der Waals surface area contributed by atoms with Gasteiger partial charge in [0.1, 0.15) is 0 Å². The van der Waals surface area contributed by atoms with Gasteiger partial charge >= 0.3 is 0 Å². The van der Waals surface area contributed by atoms with E-state index >= 15 is 0 Å². The number of hydrogen-bond acceptors (Lipinski definition) is 6. The van der Waals surface area contributed by atoms with Crippen LogP contribution in [0.5, 0.6) is 5.75 Å². The van der Waals surface area contributed by atoms with E-state index in [1.807, 2.05) is 17.4 Å².